The average Bonchev–Trinajstić information content (AvgIpc) is 2.98. The van der Waals surface area contributed by atoms with Gasteiger partial charge in [-0.1, -0.05) is 0 Å². The molecule has 1 atom stereocenters. The first-order valence-electron chi connectivity index (χ1n) is 5.78. The molecule has 0 aliphatic rings. The molecule has 1 unspecified atom stereocenters. The molecular weight excluding hydrogens is 366 g/mol. The van der Waals surface area contributed by atoms with Gasteiger partial charge in [0, 0.05) is 17.6 Å². The summed E-state index contributed by atoms with van der Waals surface area (Å²) in [7, 11) is -1.91. The summed E-state index contributed by atoms with van der Waals surface area (Å²) in [6.45, 7) is 2.20. The Morgan fingerprint density at radius 2 is 2.30 bits per heavy atom. The number of halogens is 1. The predicted molar refractivity (Wildman–Crippen MR) is 80.0 cm³/mol. The number of furan rings is 1. The summed E-state index contributed by atoms with van der Waals surface area (Å²) in [5.74, 6) is 0.543. The highest BCUT2D eigenvalue weighted by atomic mass is 79.9. The summed E-state index contributed by atoms with van der Waals surface area (Å²) in [5.41, 5.74) is 0. The van der Waals surface area contributed by atoms with Gasteiger partial charge in [-0.15, -0.1) is 11.3 Å². The zero-order valence-corrected chi connectivity index (χ0v) is 14.1. The quantitative estimate of drug-likeness (QED) is 0.803. The fourth-order valence-corrected chi connectivity index (χ4v) is 4.56. The Morgan fingerprint density at radius 1 is 1.55 bits per heavy atom. The van der Waals surface area contributed by atoms with E-state index in [9.17, 15) is 8.42 Å². The van der Waals surface area contributed by atoms with E-state index in [0.717, 1.165) is 0 Å². The molecule has 9 heteroatoms. The van der Waals surface area contributed by atoms with Crippen LogP contribution in [0.3, 0.4) is 0 Å². The summed E-state index contributed by atoms with van der Waals surface area (Å²) < 4.78 is 32.8. The van der Waals surface area contributed by atoms with Gasteiger partial charge in [0.1, 0.15) is 15.7 Å². The first kappa shape index (κ1) is 15.6. The first-order valence-corrected chi connectivity index (χ1v) is 8.94. The van der Waals surface area contributed by atoms with Gasteiger partial charge in [-0.05, 0) is 29.9 Å². The third-order valence-corrected chi connectivity index (χ3v) is 5.86. The van der Waals surface area contributed by atoms with Gasteiger partial charge in [0.05, 0.1) is 12.6 Å². The van der Waals surface area contributed by atoms with E-state index in [1.807, 2.05) is 0 Å². The third kappa shape index (κ3) is 3.47. The SMILES string of the molecule is CNCc1cc(S(=O)(=O)NC(C)c2nccs2)c(Br)o1. The van der Waals surface area contributed by atoms with Crippen LogP contribution in [0.5, 0.6) is 0 Å². The number of hydrogen-bond donors (Lipinski definition) is 2. The number of aromatic nitrogens is 1. The second-order valence-corrected chi connectivity index (χ2v) is 7.42. The molecule has 2 aromatic heterocycles. The van der Waals surface area contributed by atoms with Crippen LogP contribution in [-0.2, 0) is 16.6 Å². The lowest BCUT2D eigenvalue weighted by Gasteiger charge is -2.10. The molecule has 2 heterocycles. The molecule has 2 rings (SSSR count). The molecule has 2 aromatic rings. The summed E-state index contributed by atoms with van der Waals surface area (Å²) in [6.07, 6.45) is 1.64. The van der Waals surface area contributed by atoms with Crippen molar-refractivity contribution in [2.24, 2.45) is 0 Å². The number of sulfonamides is 1. The molecule has 110 valence electrons. The van der Waals surface area contributed by atoms with Crippen molar-refractivity contribution < 1.29 is 12.8 Å². The van der Waals surface area contributed by atoms with Crippen molar-refractivity contribution in [1.29, 1.82) is 0 Å². The van der Waals surface area contributed by atoms with Crippen LogP contribution in [0.4, 0.5) is 0 Å². The molecule has 0 fully saturated rings. The maximum Gasteiger partial charge on any atom is 0.245 e. The third-order valence-electron chi connectivity index (χ3n) is 2.50. The van der Waals surface area contributed by atoms with Gasteiger partial charge in [0.15, 0.2) is 4.67 Å². The van der Waals surface area contributed by atoms with E-state index in [1.54, 1.807) is 25.5 Å². The van der Waals surface area contributed by atoms with Crippen molar-refractivity contribution in [1.82, 2.24) is 15.0 Å². The van der Waals surface area contributed by atoms with Crippen LogP contribution < -0.4 is 10.0 Å². The minimum atomic E-state index is -3.67. The largest absolute Gasteiger partial charge is 0.452 e. The number of thiazole rings is 1. The van der Waals surface area contributed by atoms with Gasteiger partial charge < -0.3 is 9.73 Å². The average molecular weight is 380 g/mol. The maximum absolute atomic E-state index is 12.3. The van der Waals surface area contributed by atoms with E-state index in [4.69, 9.17) is 4.42 Å². The Kier molecular flexibility index (Phi) is 4.97. The van der Waals surface area contributed by atoms with Crippen LogP contribution in [0.15, 0.2) is 31.6 Å². The van der Waals surface area contributed by atoms with Crippen LogP contribution in [0.2, 0.25) is 0 Å². The lowest BCUT2D eigenvalue weighted by molar-refractivity contribution is 0.469. The second-order valence-electron chi connectivity index (χ2n) is 4.09. The smallest absolute Gasteiger partial charge is 0.245 e. The molecule has 0 aromatic carbocycles. The molecule has 0 radical (unpaired) electrons. The zero-order valence-electron chi connectivity index (χ0n) is 10.9. The minimum Gasteiger partial charge on any atom is -0.452 e. The van der Waals surface area contributed by atoms with E-state index in [-0.39, 0.29) is 9.56 Å². The van der Waals surface area contributed by atoms with E-state index < -0.39 is 16.1 Å². The van der Waals surface area contributed by atoms with Gasteiger partial charge >= 0.3 is 0 Å². The molecule has 0 saturated heterocycles. The molecule has 6 nitrogen and oxygen atoms in total. The molecule has 0 bridgehead atoms. The van der Waals surface area contributed by atoms with Crippen LogP contribution in [0.25, 0.3) is 0 Å². The lowest BCUT2D eigenvalue weighted by atomic mass is 10.4. The molecule has 0 spiro atoms. The van der Waals surface area contributed by atoms with Gasteiger partial charge in [-0.3, -0.25) is 0 Å². The first-order chi connectivity index (χ1) is 9.44. The van der Waals surface area contributed by atoms with Crippen LogP contribution in [-0.4, -0.2) is 20.4 Å². The Balaban J connectivity index is 2.22. The Hall–Kier alpha value is -0.740. The molecule has 0 amide bonds. The van der Waals surface area contributed by atoms with E-state index in [0.29, 0.717) is 17.3 Å². The van der Waals surface area contributed by atoms with Gasteiger partial charge in [0.2, 0.25) is 10.0 Å². The second kappa shape index (κ2) is 6.35. The van der Waals surface area contributed by atoms with E-state index in [2.05, 4.69) is 31.0 Å². The fourth-order valence-electron chi connectivity index (χ4n) is 1.64. The Morgan fingerprint density at radius 3 is 2.90 bits per heavy atom. The highest BCUT2D eigenvalue weighted by Crippen LogP contribution is 2.27. The normalized spacial score (nSPS) is 13.6. The highest BCUT2D eigenvalue weighted by molar-refractivity contribution is 9.10. The van der Waals surface area contributed by atoms with Crippen molar-refractivity contribution in [2.75, 3.05) is 7.05 Å². The molecule has 20 heavy (non-hydrogen) atoms. The summed E-state index contributed by atoms with van der Waals surface area (Å²) in [6, 6.07) is 1.10. The molecule has 0 aliphatic carbocycles. The zero-order chi connectivity index (χ0) is 14.8. The summed E-state index contributed by atoms with van der Waals surface area (Å²) >= 11 is 4.54. The molecule has 0 aliphatic heterocycles. The van der Waals surface area contributed by atoms with Crippen LogP contribution >= 0.6 is 27.3 Å². The van der Waals surface area contributed by atoms with E-state index >= 15 is 0 Å². The van der Waals surface area contributed by atoms with Crippen LogP contribution in [0.1, 0.15) is 23.7 Å². The van der Waals surface area contributed by atoms with Crippen molar-refractivity contribution in [3.63, 3.8) is 0 Å². The standard InChI is InChI=1S/C11H14BrN3O3S2/c1-7(11-14-3-4-19-11)15-20(16,17)9-5-8(6-13-2)18-10(9)12/h3-5,7,13,15H,6H2,1-2H3. The van der Waals surface area contributed by atoms with Gasteiger partial charge in [-0.25, -0.2) is 18.1 Å². The lowest BCUT2D eigenvalue weighted by Crippen LogP contribution is -2.26. The summed E-state index contributed by atoms with van der Waals surface area (Å²) in [4.78, 5) is 4.19. The molecule has 2 N–H and O–H groups in total. The van der Waals surface area contributed by atoms with Crippen molar-refractivity contribution in [2.45, 2.75) is 24.4 Å². The molecular formula is C11H14BrN3O3S2. The molecule has 0 saturated carbocycles. The monoisotopic (exact) mass is 379 g/mol. The van der Waals surface area contributed by atoms with Gasteiger partial charge in [0.25, 0.3) is 0 Å². The predicted octanol–water partition coefficient (Wildman–Crippen LogP) is 2.26. The summed E-state index contributed by atoms with van der Waals surface area (Å²) in [5, 5.41) is 5.42. The maximum atomic E-state index is 12.3. The number of rotatable bonds is 6. The Labute approximate surface area is 129 Å². The number of nitrogens with one attached hydrogen (secondary N) is 2. The topological polar surface area (TPSA) is 84.2 Å². The van der Waals surface area contributed by atoms with Crippen molar-refractivity contribution >= 4 is 37.3 Å². The van der Waals surface area contributed by atoms with Gasteiger partial charge in [-0.2, -0.15) is 0 Å². The minimum absolute atomic E-state index is 0.0890. The van der Waals surface area contributed by atoms with E-state index in [1.165, 1.54) is 17.4 Å². The highest BCUT2D eigenvalue weighted by Gasteiger charge is 2.25. The fraction of sp³-hybridized carbons (Fsp3) is 0.364. The van der Waals surface area contributed by atoms with Crippen LogP contribution in [0, 0.1) is 0 Å². The number of nitrogens with zero attached hydrogens (tertiary/aromatic N) is 1. The van der Waals surface area contributed by atoms with Crippen molar-refractivity contribution in [3.8, 4) is 0 Å². The number of hydrogen-bond acceptors (Lipinski definition) is 6. The van der Waals surface area contributed by atoms with Crippen molar-refractivity contribution in [3.05, 3.63) is 33.1 Å². The Bertz CT molecular complexity index is 667.